The van der Waals surface area contributed by atoms with Gasteiger partial charge in [-0.15, -0.1) is 11.6 Å². The summed E-state index contributed by atoms with van der Waals surface area (Å²) >= 11 is 5.70. The summed E-state index contributed by atoms with van der Waals surface area (Å²) in [7, 11) is -1.93. The Balaban J connectivity index is 2.27. The Bertz CT molecular complexity index is 652. The van der Waals surface area contributed by atoms with Crippen LogP contribution in [0.1, 0.15) is 5.56 Å². The molecule has 0 bridgehead atoms. The Morgan fingerprint density at radius 3 is 2.83 bits per heavy atom. The summed E-state index contributed by atoms with van der Waals surface area (Å²) in [6, 6.07) is 6.94. The summed E-state index contributed by atoms with van der Waals surface area (Å²) in [5, 5.41) is 3.83. The van der Waals surface area contributed by atoms with Crippen LogP contribution < -0.4 is 4.72 Å². The number of sulfonamides is 1. The van der Waals surface area contributed by atoms with Crippen molar-refractivity contribution in [3.05, 3.63) is 42.2 Å². The highest BCUT2D eigenvalue weighted by Crippen LogP contribution is 2.17. The lowest BCUT2D eigenvalue weighted by atomic mass is 10.2. The first kappa shape index (κ1) is 12.9. The Morgan fingerprint density at radius 1 is 1.44 bits per heavy atom. The first-order valence-corrected chi connectivity index (χ1v) is 7.19. The molecule has 1 N–H and O–H groups in total. The summed E-state index contributed by atoms with van der Waals surface area (Å²) in [5.74, 6) is 0.336. The number of rotatable bonds is 4. The fourth-order valence-corrected chi connectivity index (χ4v) is 2.67. The minimum atomic E-state index is -3.59. The molecule has 7 heteroatoms. The van der Waals surface area contributed by atoms with Crippen molar-refractivity contribution in [3.8, 4) is 0 Å². The first-order chi connectivity index (χ1) is 8.51. The lowest BCUT2D eigenvalue weighted by molar-refractivity contribution is 0.601. The van der Waals surface area contributed by atoms with E-state index in [0.29, 0.717) is 11.6 Å². The van der Waals surface area contributed by atoms with E-state index in [2.05, 4.69) is 9.82 Å². The Morgan fingerprint density at radius 2 is 2.22 bits per heavy atom. The van der Waals surface area contributed by atoms with Crippen LogP contribution in [0.4, 0.5) is 5.69 Å². The van der Waals surface area contributed by atoms with Gasteiger partial charge in [-0.25, -0.2) is 8.42 Å². The van der Waals surface area contributed by atoms with Crippen molar-refractivity contribution in [2.45, 2.75) is 10.8 Å². The predicted octanol–water partition coefficient (Wildman–Crippen LogP) is 1.96. The fraction of sp³-hybridized carbons (Fsp3) is 0.182. The molecule has 0 saturated carbocycles. The van der Waals surface area contributed by atoms with Crippen LogP contribution in [0.2, 0.25) is 0 Å². The van der Waals surface area contributed by atoms with Gasteiger partial charge < -0.3 is 0 Å². The van der Waals surface area contributed by atoms with Crippen molar-refractivity contribution >= 4 is 27.3 Å². The van der Waals surface area contributed by atoms with Gasteiger partial charge in [0, 0.05) is 24.8 Å². The molecule has 96 valence electrons. The average Bonchev–Trinajstić information content (AvgIpc) is 2.76. The number of anilines is 1. The number of nitrogens with one attached hydrogen (secondary N) is 1. The van der Waals surface area contributed by atoms with Gasteiger partial charge in [-0.05, 0) is 17.7 Å². The second kappa shape index (κ2) is 4.99. The van der Waals surface area contributed by atoms with E-state index in [1.165, 1.54) is 17.1 Å². The van der Waals surface area contributed by atoms with Gasteiger partial charge in [0.05, 0.1) is 6.20 Å². The van der Waals surface area contributed by atoms with E-state index in [0.717, 1.165) is 5.56 Å². The van der Waals surface area contributed by atoms with E-state index in [9.17, 15) is 8.42 Å². The Kier molecular flexibility index (Phi) is 3.58. The molecule has 0 radical (unpaired) electrons. The van der Waals surface area contributed by atoms with Crippen LogP contribution in [0.25, 0.3) is 0 Å². The van der Waals surface area contributed by atoms with Crippen LogP contribution in [0.15, 0.2) is 41.6 Å². The highest BCUT2D eigenvalue weighted by molar-refractivity contribution is 7.92. The molecule has 2 rings (SSSR count). The van der Waals surface area contributed by atoms with E-state index in [1.807, 2.05) is 6.07 Å². The number of benzene rings is 1. The zero-order valence-corrected chi connectivity index (χ0v) is 11.2. The fourth-order valence-electron chi connectivity index (χ4n) is 1.47. The molecule has 1 heterocycles. The molecular formula is C11H12ClN3O2S. The van der Waals surface area contributed by atoms with Gasteiger partial charge in [0.15, 0.2) is 0 Å². The minimum Gasteiger partial charge on any atom is -0.280 e. The standard InChI is InChI=1S/C11H12ClN3O2S/c1-15-8-11(7-13-15)18(16,17)14-10-4-2-3-9(5-10)6-12/h2-5,7-8,14H,6H2,1H3. The number of nitrogens with zero attached hydrogens (tertiary/aromatic N) is 2. The van der Waals surface area contributed by atoms with Crippen LogP contribution in [0, 0.1) is 0 Å². The van der Waals surface area contributed by atoms with E-state index >= 15 is 0 Å². The maximum Gasteiger partial charge on any atom is 0.265 e. The van der Waals surface area contributed by atoms with E-state index < -0.39 is 10.0 Å². The van der Waals surface area contributed by atoms with Gasteiger partial charge in [-0.3, -0.25) is 9.40 Å². The molecule has 0 aliphatic rings. The predicted molar refractivity (Wildman–Crippen MR) is 70.0 cm³/mol. The molecule has 1 aromatic heterocycles. The third-order valence-corrected chi connectivity index (χ3v) is 3.97. The maximum atomic E-state index is 12.0. The molecule has 5 nitrogen and oxygen atoms in total. The maximum absolute atomic E-state index is 12.0. The van der Waals surface area contributed by atoms with Gasteiger partial charge >= 0.3 is 0 Å². The number of hydrogen-bond donors (Lipinski definition) is 1. The zero-order valence-electron chi connectivity index (χ0n) is 9.67. The molecule has 0 spiro atoms. The summed E-state index contributed by atoms with van der Waals surface area (Å²) in [6.45, 7) is 0. The van der Waals surface area contributed by atoms with Gasteiger partial charge in [0.25, 0.3) is 10.0 Å². The van der Waals surface area contributed by atoms with E-state index in [4.69, 9.17) is 11.6 Å². The van der Waals surface area contributed by atoms with Gasteiger partial charge in [0.2, 0.25) is 0 Å². The second-order valence-electron chi connectivity index (χ2n) is 3.79. The summed E-state index contributed by atoms with van der Waals surface area (Å²) in [5.41, 5.74) is 1.33. The number of alkyl halides is 1. The van der Waals surface area contributed by atoms with Crippen LogP contribution in [-0.2, 0) is 23.0 Å². The Hall–Kier alpha value is -1.53. The van der Waals surface area contributed by atoms with Gasteiger partial charge in [0.1, 0.15) is 4.90 Å². The lowest BCUT2D eigenvalue weighted by Gasteiger charge is -2.06. The molecule has 2 aromatic rings. The highest BCUT2D eigenvalue weighted by Gasteiger charge is 2.16. The number of aryl methyl sites for hydroxylation is 1. The molecule has 18 heavy (non-hydrogen) atoms. The first-order valence-electron chi connectivity index (χ1n) is 5.17. The Labute approximate surface area is 110 Å². The summed E-state index contributed by atoms with van der Waals surface area (Å²) in [6.07, 6.45) is 2.74. The molecule has 0 saturated heterocycles. The normalized spacial score (nSPS) is 11.4. The van der Waals surface area contributed by atoms with Crippen molar-refractivity contribution in [2.75, 3.05) is 4.72 Å². The van der Waals surface area contributed by atoms with Gasteiger partial charge in [-0.1, -0.05) is 12.1 Å². The van der Waals surface area contributed by atoms with Crippen molar-refractivity contribution < 1.29 is 8.42 Å². The highest BCUT2D eigenvalue weighted by atomic mass is 35.5. The van der Waals surface area contributed by atoms with Gasteiger partial charge in [-0.2, -0.15) is 5.10 Å². The molecule has 0 aliphatic heterocycles. The molecule has 0 aliphatic carbocycles. The smallest absolute Gasteiger partial charge is 0.265 e. The van der Waals surface area contributed by atoms with Crippen LogP contribution in [-0.4, -0.2) is 18.2 Å². The average molecular weight is 286 g/mol. The zero-order chi connectivity index (χ0) is 13.2. The van der Waals surface area contributed by atoms with Crippen molar-refractivity contribution in [3.63, 3.8) is 0 Å². The third kappa shape index (κ3) is 2.83. The molecule has 1 aromatic carbocycles. The largest absolute Gasteiger partial charge is 0.280 e. The molecular weight excluding hydrogens is 274 g/mol. The minimum absolute atomic E-state index is 0.126. The quantitative estimate of drug-likeness (QED) is 0.874. The number of halogens is 1. The van der Waals surface area contributed by atoms with Crippen molar-refractivity contribution in [2.24, 2.45) is 7.05 Å². The third-order valence-electron chi connectivity index (χ3n) is 2.32. The van der Waals surface area contributed by atoms with E-state index in [1.54, 1.807) is 25.2 Å². The molecule has 0 unspecified atom stereocenters. The topological polar surface area (TPSA) is 64.0 Å². The number of hydrogen-bond acceptors (Lipinski definition) is 3. The molecule has 0 fully saturated rings. The monoisotopic (exact) mass is 285 g/mol. The van der Waals surface area contributed by atoms with Crippen LogP contribution in [0.3, 0.4) is 0 Å². The van der Waals surface area contributed by atoms with Crippen molar-refractivity contribution in [1.29, 1.82) is 0 Å². The lowest BCUT2D eigenvalue weighted by Crippen LogP contribution is -2.12. The summed E-state index contributed by atoms with van der Waals surface area (Å²) in [4.78, 5) is 0.126. The van der Waals surface area contributed by atoms with E-state index in [-0.39, 0.29) is 4.90 Å². The molecule has 0 amide bonds. The SMILES string of the molecule is Cn1cc(S(=O)(=O)Nc2cccc(CCl)c2)cn1. The number of aromatic nitrogens is 2. The van der Waals surface area contributed by atoms with Crippen molar-refractivity contribution in [1.82, 2.24) is 9.78 Å². The summed E-state index contributed by atoms with van der Waals surface area (Å²) < 4.78 is 28.0. The van der Waals surface area contributed by atoms with Crippen LogP contribution >= 0.6 is 11.6 Å². The second-order valence-corrected chi connectivity index (χ2v) is 5.74. The molecule has 0 atom stereocenters. The van der Waals surface area contributed by atoms with Crippen LogP contribution in [0.5, 0.6) is 0 Å².